The Bertz CT molecular complexity index is 780. The number of amides is 1. The number of methoxy groups -OCH3 is 1. The van der Waals surface area contributed by atoms with E-state index in [-0.39, 0.29) is 31.3 Å². The number of hydrogen-bond acceptors (Lipinski definition) is 7. The summed E-state index contributed by atoms with van der Waals surface area (Å²) in [7, 11) is 1.32. The molecule has 3 atom stereocenters. The van der Waals surface area contributed by atoms with Gasteiger partial charge in [-0.2, -0.15) is 0 Å². The van der Waals surface area contributed by atoms with Gasteiger partial charge in [0.25, 0.3) is 0 Å². The molecule has 0 aromatic heterocycles. The van der Waals surface area contributed by atoms with E-state index in [1.54, 1.807) is 25.7 Å². The normalized spacial score (nSPS) is 18.1. The van der Waals surface area contributed by atoms with E-state index >= 15 is 0 Å². The molecule has 214 valence electrons. The van der Waals surface area contributed by atoms with Crippen molar-refractivity contribution in [3.8, 4) is 0 Å². The summed E-state index contributed by atoms with van der Waals surface area (Å²) >= 11 is 0. The van der Waals surface area contributed by atoms with Gasteiger partial charge in [-0.3, -0.25) is 19.2 Å². The van der Waals surface area contributed by atoms with Gasteiger partial charge in [-0.05, 0) is 65.7 Å². The highest BCUT2D eigenvalue weighted by atomic mass is 16.5. The van der Waals surface area contributed by atoms with Crippen molar-refractivity contribution in [1.29, 1.82) is 0 Å². The van der Waals surface area contributed by atoms with E-state index in [4.69, 9.17) is 14.2 Å². The van der Waals surface area contributed by atoms with Crippen LogP contribution in [0.2, 0.25) is 0 Å². The summed E-state index contributed by atoms with van der Waals surface area (Å²) in [4.78, 5) is 52.8. The summed E-state index contributed by atoms with van der Waals surface area (Å²) in [5.41, 5.74) is -3.04. The standard InChI is InChI=1S/C29H51NO7/c1-9-12-14-22(10-2)19-37-26(34)28(6,11-3)21-29(7,25(33)35-8)20-27(4,5)24(32)36-18-17-30-16-13-15-23(30)31/h22H,9-21H2,1-8H3. The molecule has 0 spiro atoms. The summed E-state index contributed by atoms with van der Waals surface area (Å²) in [5, 5.41) is 0. The third-order valence-corrected chi connectivity index (χ3v) is 7.88. The molecule has 1 aliphatic heterocycles. The van der Waals surface area contributed by atoms with Crippen LogP contribution in [0.1, 0.15) is 106 Å². The minimum absolute atomic E-state index is 0.0786. The molecule has 1 fully saturated rings. The van der Waals surface area contributed by atoms with Crippen molar-refractivity contribution in [1.82, 2.24) is 4.90 Å². The van der Waals surface area contributed by atoms with Crippen LogP contribution in [-0.4, -0.2) is 62.1 Å². The second kappa shape index (κ2) is 14.7. The smallest absolute Gasteiger partial charge is 0.311 e. The Hall–Kier alpha value is -2.12. The Labute approximate surface area is 224 Å². The SMILES string of the molecule is CCCCC(CC)COC(=O)C(C)(CC)CC(C)(CC(C)(C)C(=O)OCCN1CCCC1=O)C(=O)OC. The molecular formula is C29H51NO7. The topological polar surface area (TPSA) is 99.2 Å². The lowest BCUT2D eigenvalue weighted by atomic mass is 9.65. The second-order valence-electron chi connectivity index (χ2n) is 11.8. The maximum absolute atomic E-state index is 13.3. The third kappa shape index (κ3) is 9.60. The van der Waals surface area contributed by atoms with Crippen molar-refractivity contribution in [2.75, 3.05) is 33.4 Å². The third-order valence-electron chi connectivity index (χ3n) is 7.88. The first kappa shape index (κ1) is 32.9. The number of unbranched alkanes of at least 4 members (excludes halogenated alkanes) is 1. The molecule has 0 saturated carbocycles. The molecule has 3 unspecified atom stereocenters. The van der Waals surface area contributed by atoms with Crippen molar-refractivity contribution < 1.29 is 33.4 Å². The second-order valence-corrected chi connectivity index (χ2v) is 11.8. The Balaban J connectivity index is 2.92. The molecule has 1 rings (SSSR count). The van der Waals surface area contributed by atoms with E-state index in [0.717, 1.165) is 32.1 Å². The van der Waals surface area contributed by atoms with E-state index in [2.05, 4.69) is 13.8 Å². The highest BCUT2D eigenvalue weighted by molar-refractivity contribution is 5.82. The zero-order valence-electron chi connectivity index (χ0n) is 24.6. The van der Waals surface area contributed by atoms with Crippen LogP contribution in [0.5, 0.6) is 0 Å². The van der Waals surface area contributed by atoms with Crippen LogP contribution in [0, 0.1) is 22.2 Å². The number of carbonyl (C=O) groups is 4. The van der Waals surface area contributed by atoms with Gasteiger partial charge in [-0.15, -0.1) is 0 Å². The average Bonchev–Trinajstić information content (AvgIpc) is 3.27. The van der Waals surface area contributed by atoms with Gasteiger partial charge in [0, 0.05) is 13.0 Å². The molecule has 1 heterocycles. The summed E-state index contributed by atoms with van der Waals surface area (Å²) < 4.78 is 16.4. The van der Waals surface area contributed by atoms with Crippen molar-refractivity contribution in [2.24, 2.45) is 22.2 Å². The first-order valence-electron chi connectivity index (χ1n) is 14.0. The van der Waals surface area contributed by atoms with Crippen molar-refractivity contribution in [3.63, 3.8) is 0 Å². The summed E-state index contributed by atoms with van der Waals surface area (Å²) in [6, 6.07) is 0. The van der Waals surface area contributed by atoms with Crippen molar-refractivity contribution >= 4 is 23.8 Å². The fourth-order valence-corrected chi connectivity index (χ4v) is 5.35. The van der Waals surface area contributed by atoms with E-state index in [1.807, 2.05) is 13.8 Å². The predicted molar refractivity (Wildman–Crippen MR) is 143 cm³/mol. The minimum Gasteiger partial charge on any atom is -0.469 e. The number of carbonyl (C=O) groups excluding carboxylic acids is 4. The highest BCUT2D eigenvalue weighted by Gasteiger charge is 2.49. The van der Waals surface area contributed by atoms with Gasteiger partial charge in [0.2, 0.25) is 5.91 Å². The average molecular weight is 526 g/mol. The number of nitrogens with zero attached hydrogens (tertiary/aromatic N) is 1. The maximum Gasteiger partial charge on any atom is 0.311 e. The molecule has 8 heteroatoms. The molecule has 0 aliphatic carbocycles. The van der Waals surface area contributed by atoms with E-state index in [0.29, 0.717) is 38.5 Å². The quantitative estimate of drug-likeness (QED) is 0.187. The summed E-state index contributed by atoms with van der Waals surface area (Å²) in [6.45, 7) is 14.7. The van der Waals surface area contributed by atoms with Gasteiger partial charge in [-0.25, -0.2) is 0 Å². The van der Waals surface area contributed by atoms with Gasteiger partial charge < -0.3 is 19.1 Å². The van der Waals surface area contributed by atoms with Crippen LogP contribution in [0.3, 0.4) is 0 Å². The maximum atomic E-state index is 13.3. The van der Waals surface area contributed by atoms with Crippen LogP contribution in [0.25, 0.3) is 0 Å². The van der Waals surface area contributed by atoms with Crippen LogP contribution in [0.4, 0.5) is 0 Å². The largest absolute Gasteiger partial charge is 0.469 e. The highest BCUT2D eigenvalue weighted by Crippen LogP contribution is 2.45. The summed E-state index contributed by atoms with van der Waals surface area (Å²) in [6.07, 6.45) is 6.34. The van der Waals surface area contributed by atoms with Crippen molar-refractivity contribution in [3.05, 3.63) is 0 Å². The molecule has 0 N–H and O–H groups in total. The van der Waals surface area contributed by atoms with Crippen molar-refractivity contribution in [2.45, 2.75) is 106 Å². The van der Waals surface area contributed by atoms with Gasteiger partial charge in [0.15, 0.2) is 0 Å². The van der Waals surface area contributed by atoms with Crippen LogP contribution >= 0.6 is 0 Å². The minimum atomic E-state index is -1.11. The first-order chi connectivity index (χ1) is 17.3. The molecule has 0 radical (unpaired) electrons. The number of ether oxygens (including phenoxy) is 3. The Morgan fingerprint density at radius 1 is 0.946 bits per heavy atom. The Morgan fingerprint density at radius 2 is 1.62 bits per heavy atom. The summed E-state index contributed by atoms with van der Waals surface area (Å²) in [5.74, 6) is -0.845. The van der Waals surface area contributed by atoms with Gasteiger partial charge in [0.1, 0.15) is 6.61 Å². The number of likely N-dealkylation sites (tertiary alicyclic amines) is 1. The van der Waals surface area contributed by atoms with Crippen LogP contribution in [0.15, 0.2) is 0 Å². The lowest BCUT2D eigenvalue weighted by molar-refractivity contribution is -0.168. The molecular weight excluding hydrogens is 474 g/mol. The number of rotatable bonds is 17. The number of esters is 3. The van der Waals surface area contributed by atoms with E-state index in [9.17, 15) is 19.2 Å². The number of hydrogen-bond donors (Lipinski definition) is 0. The predicted octanol–water partition coefficient (Wildman–Crippen LogP) is 5.31. The van der Waals surface area contributed by atoms with Crippen LogP contribution < -0.4 is 0 Å². The Kier molecular flexibility index (Phi) is 13.1. The fraction of sp³-hybridized carbons (Fsp3) is 0.862. The monoisotopic (exact) mass is 525 g/mol. The fourth-order valence-electron chi connectivity index (χ4n) is 5.35. The van der Waals surface area contributed by atoms with E-state index in [1.165, 1.54) is 7.11 Å². The Morgan fingerprint density at radius 3 is 2.14 bits per heavy atom. The van der Waals surface area contributed by atoms with Gasteiger partial charge in [0.05, 0.1) is 36.5 Å². The lowest BCUT2D eigenvalue weighted by Gasteiger charge is -2.39. The van der Waals surface area contributed by atoms with Crippen LogP contribution in [-0.2, 0) is 33.4 Å². The first-order valence-corrected chi connectivity index (χ1v) is 14.0. The zero-order chi connectivity index (χ0) is 28.3. The molecule has 1 amide bonds. The molecule has 0 aromatic carbocycles. The lowest BCUT2D eigenvalue weighted by Crippen LogP contribution is -2.44. The zero-order valence-corrected chi connectivity index (χ0v) is 24.6. The molecule has 1 aliphatic rings. The van der Waals surface area contributed by atoms with Gasteiger partial charge >= 0.3 is 17.9 Å². The van der Waals surface area contributed by atoms with E-state index < -0.39 is 28.2 Å². The molecule has 37 heavy (non-hydrogen) atoms. The molecule has 8 nitrogen and oxygen atoms in total. The molecule has 1 saturated heterocycles. The van der Waals surface area contributed by atoms with Gasteiger partial charge in [-0.1, -0.05) is 40.0 Å². The molecule has 0 aromatic rings. The molecule has 0 bridgehead atoms.